The van der Waals surface area contributed by atoms with Crippen LogP contribution >= 0.6 is 11.6 Å². The van der Waals surface area contributed by atoms with E-state index in [1.54, 1.807) is 0 Å². The summed E-state index contributed by atoms with van der Waals surface area (Å²) in [6.07, 6.45) is 0. The fourth-order valence-electron chi connectivity index (χ4n) is 2.04. The molecule has 0 saturated heterocycles. The monoisotopic (exact) mass is 313 g/mol. The lowest BCUT2D eigenvalue weighted by Crippen LogP contribution is -2.01. The number of H-pyrrole nitrogens is 1. The first-order valence-electron chi connectivity index (χ1n) is 5.87. The highest BCUT2D eigenvalue weighted by molar-refractivity contribution is 6.22. The van der Waals surface area contributed by atoms with E-state index in [2.05, 4.69) is 4.98 Å². The predicted octanol–water partition coefficient (Wildman–Crippen LogP) is 3.87. The Morgan fingerprint density at radius 2 is 1.86 bits per heavy atom. The van der Waals surface area contributed by atoms with E-state index in [-0.39, 0.29) is 11.1 Å². The van der Waals surface area contributed by atoms with Gasteiger partial charge in [-0.3, -0.25) is 4.98 Å². The van der Waals surface area contributed by atoms with E-state index >= 15 is 0 Å². The standard InChI is InChI=1S/C14H7ClF3NO2/c15-11(7-2-3-8(16)13(18)12(7)17)6-1-4-9-10(5-6)21-14(20)19-9/h1-5,11H,(H,19,20). The highest BCUT2D eigenvalue weighted by atomic mass is 35.5. The number of nitrogens with one attached hydrogen (secondary N) is 1. The predicted molar refractivity (Wildman–Crippen MR) is 70.8 cm³/mol. The van der Waals surface area contributed by atoms with Gasteiger partial charge in [0.2, 0.25) is 0 Å². The van der Waals surface area contributed by atoms with Crippen LogP contribution in [0, 0.1) is 17.5 Å². The van der Waals surface area contributed by atoms with Gasteiger partial charge in [-0.05, 0) is 23.8 Å². The van der Waals surface area contributed by atoms with E-state index in [0.717, 1.165) is 12.1 Å². The number of aromatic amines is 1. The molecule has 1 atom stereocenters. The first kappa shape index (κ1) is 13.8. The van der Waals surface area contributed by atoms with Crippen molar-refractivity contribution in [2.75, 3.05) is 0 Å². The molecule has 0 saturated carbocycles. The molecule has 108 valence electrons. The molecule has 3 nitrogen and oxygen atoms in total. The zero-order valence-corrected chi connectivity index (χ0v) is 11.0. The van der Waals surface area contributed by atoms with Crippen molar-refractivity contribution in [2.24, 2.45) is 0 Å². The molecule has 21 heavy (non-hydrogen) atoms. The second-order valence-electron chi connectivity index (χ2n) is 4.40. The summed E-state index contributed by atoms with van der Waals surface area (Å²) in [5.41, 5.74) is 0.883. The number of oxazole rings is 1. The zero-order valence-electron chi connectivity index (χ0n) is 10.3. The van der Waals surface area contributed by atoms with Crippen LogP contribution < -0.4 is 5.76 Å². The van der Waals surface area contributed by atoms with Crippen LogP contribution in [-0.2, 0) is 0 Å². The maximum atomic E-state index is 13.7. The zero-order chi connectivity index (χ0) is 15.1. The average Bonchev–Trinajstić information content (AvgIpc) is 2.83. The normalized spacial score (nSPS) is 12.8. The molecule has 7 heteroatoms. The van der Waals surface area contributed by atoms with Gasteiger partial charge in [0.25, 0.3) is 0 Å². The Bertz CT molecular complexity index is 888. The summed E-state index contributed by atoms with van der Waals surface area (Å²) in [6.45, 7) is 0. The van der Waals surface area contributed by atoms with E-state index in [1.165, 1.54) is 18.2 Å². The molecule has 0 spiro atoms. The van der Waals surface area contributed by atoms with Crippen molar-refractivity contribution in [3.63, 3.8) is 0 Å². The minimum atomic E-state index is -1.58. The number of hydrogen-bond donors (Lipinski definition) is 1. The van der Waals surface area contributed by atoms with Crippen molar-refractivity contribution >= 4 is 22.7 Å². The van der Waals surface area contributed by atoms with Crippen molar-refractivity contribution in [3.8, 4) is 0 Å². The van der Waals surface area contributed by atoms with Crippen molar-refractivity contribution in [1.29, 1.82) is 0 Å². The SMILES string of the molecule is O=c1[nH]c2ccc(C(Cl)c3ccc(F)c(F)c3F)cc2o1. The fraction of sp³-hybridized carbons (Fsp3) is 0.0714. The summed E-state index contributed by atoms with van der Waals surface area (Å²) in [6, 6.07) is 6.38. The number of hydrogen-bond acceptors (Lipinski definition) is 2. The lowest BCUT2D eigenvalue weighted by Gasteiger charge is -2.12. The summed E-state index contributed by atoms with van der Waals surface area (Å²) in [4.78, 5) is 13.5. The molecular formula is C14H7ClF3NO2. The largest absolute Gasteiger partial charge is 0.417 e. The van der Waals surface area contributed by atoms with E-state index in [1.807, 2.05) is 0 Å². The third-order valence-corrected chi connectivity index (χ3v) is 3.56. The Balaban J connectivity index is 2.09. The Kier molecular flexibility index (Phi) is 3.25. The number of benzene rings is 2. The third kappa shape index (κ3) is 2.31. The highest BCUT2D eigenvalue weighted by Gasteiger charge is 2.21. The van der Waals surface area contributed by atoms with Gasteiger partial charge in [0.05, 0.1) is 10.9 Å². The van der Waals surface area contributed by atoms with Crippen molar-refractivity contribution in [3.05, 3.63) is 69.5 Å². The van der Waals surface area contributed by atoms with Crippen LogP contribution in [0.3, 0.4) is 0 Å². The molecule has 2 aromatic carbocycles. The number of halogens is 4. The van der Waals surface area contributed by atoms with Gasteiger partial charge >= 0.3 is 5.76 Å². The first-order valence-corrected chi connectivity index (χ1v) is 6.31. The van der Waals surface area contributed by atoms with Crippen molar-refractivity contribution in [1.82, 2.24) is 4.98 Å². The molecule has 3 aromatic rings. The summed E-state index contributed by atoms with van der Waals surface area (Å²) in [5, 5.41) is -1.05. The molecule has 0 aliphatic rings. The second kappa shape index (κ2) is 4.96. The summed E-state index contributed by atoms with van der Waals surface area (Å²) < 4.78 is 44.8. The van der Waals surface area contributed by atoms with Gasteiger partial charge in [-0.25, -0.2) is 18.0 Å². The van der Waals surface area contributed by atoms with Crippen LogP contribution in [0.15, 0.2) is 39.5 Å². The molecule has 1 N–H and O–H groups in total. The van der Waals surface area contributed by atoms with E-state index < -0.39 is 28.6 Å². The van der Waals surface area contributed by atoms with Crippen LogP contribution in [0.4, 0.5) is 13.2 Å². The quantitative estimate of drug-likeness (QED) is 0.576. The minimum absolute atomic E-state index is 0.201. The molecule has 1 aromatic heterocycles. The first-order chi connectivity index (χ1) is 9.97. The van der Waals surface area contributed by atoms with Gasteiger partial charge in [-0.2, -0.15) is 0 Å². The fourth-order valence-corrected chi connectivity index (χ4v) is 2.34. The van der Waals surface area contributed by atoms with Gasteiger partial charge in [-0.1, -0.05) is 12.1 Å². The van der Waals surface area contributed by atoms with Crippen LogP contribution in [-0.4, -0.2) is 4.98 Å². The van der Waals surface area contributed by atoms with E-state index in [0.29, 0.717) is 11.1 Å². The average molecular weight is 314 g/mol. The van der Waals surface area contributed by atoms with Gasteiger partial charge in [0.1, 0.15) is 0 Å². The lowest BCUT2D eigenvalue weighted by atomic mass is 10.0. The molecule has 3 rings (SSSR count). The molecule has 0 aliphatic carbocycles. The summed E-state index contributed by atoms with van der Waals surface area (Å²) in [5.74, 6) is -4.84. The Labute approximate surface area is 121 Å². The third-order valence-electron chi connectivity index (χ3n) is 3.08. The van der Waals surface area contributed by atoms with Crippen molar-refractivity contribution in [2.45, 2.75) is 5.38 Å². The van der Waals surface area contributed by atoms with Gasteiger partial charge in [0.15, 0.2) is 23.0 Å². The molecule has 0 fully saturated rings. The second-order valence-corrected chi connectivity index (χ2v) is 4.83. The maximum Gasteiger partial charge on any atom is 0.417 e. The molecular weight excluding hydrogens is 307 g/mol. The molecule has 0 radical (unpaired) electrons. The number of rotatable bonds is 2. The Hall–Kier alpha value is -2.21. The summed E-state index contributed by atoms with van der Waals surface area (Å²) >= 11 is 6.11. The topological polar surface area (TPSA) is 46.0 Å². The highest BCUT2D eigenvalue weighted by Crippen LogP contribution is 2.33. The van der Waals surface area contributed by atoms with Crippen LogP contribution in [0.25, 0.3) is 11.1 Å². The van der Waals surface area contributed by atoms with Crippen LogP contribution in [0.2, 0.25) is 0 Å². The van der Waals surface area contributed by atoms with Gasteiger partial charge < -0.3 is 4.42 Å². The number of fused-ring (bicyclic) bond motifs is 1. The van der Waals surface area contributed by atoms with E-state index in [4.69, 9.17) is 16.0 Å². The smallest absolute Gasteiger partial charge is 0.408 e. The Morgan fingerprint density at radius 1 is 1.10 bits per heavy atom. The van der Waals surface area contributed by atoms with Gasteiger partial charge in [0, 0.05) is 5.56 Å². The lowest BCUT2D eigenvalue weighted by molar-refractivity contribution is 0.441. The molecule has 0 amide bonds. The van der Waals surface area contributed by atoms with Crippen LogP contribution in [0.1, 0.15) is 16.5 Å². The number of aromatic nitrogens is 1. The maximum absolute atomic E-state index is 13.7. The van der Waals surface area contributed by atoms with Crippen molar-refractivity contribution < 1.29 is 17.6 Å². The molecule has 1 heterocycles. The van der Waals surface area contributed by atoms with Crippen LogP contribution in [0.5, 0.6) is 0 Å². The molecule has 0 bridgehead atoms. The molecule has 1 unspecified atom stereocenters. The Morgan fingerprint density at radius 3 is 2.62 bits per heavy atom. The van der Waals surface area contributed by atoms with E-state index in [9.17, 15) is 18.0 Å². The van der Waals surface area contributed by atoms with Gasteiger partial charge in [-0.15, -0.1) is 11.6 Å². The number of alkyl halides is 1. The molecule has 0 aliphatic heterocycles. The minimum Gasteiger partial charge on any atom is -0.408 e. The summed E-state index contributed by atoms with van der Waals surface area (Å²) in [7, 11) is 0.